The van der Waals surface area contributed by atoms with E-state index in [1.807, 2.05) is 19.0 Å². The van der Waals surface area contributed by atoms with Crippen molar-refractivity contribution in [3.05, 3.63) is 28.4 Å². The van der Waals surface area contributed by atoms with Crippen molar-refractivity contribution in [2.75, 3.05) is 32.1 Å². The van der Waals surface area contributed by atoms with E-state index in [-0.39, 0.29) is 5.82 Å². The van der Waals surface area contributed by atoms with Gasteiger partial charge in [0.2, 0.25) is 0 Å². The second kappa shape index (κ2) is 6.02. The molecular weight excluding hydrogens is 208 g/mol. The molecule has 88 valence electrons. The van der Waals surface area contributed by atoms with E-state index in [1.165, 1.54) is 12.3 Å². The fraction of sp³-hybridized carbons (Fsp3) is 0.500. The van der Waals surface area contributed by atoms with Crippen LogP contribution in [0.15, 0.2) is 18.3 Å². The highest BCUT2D eigenvalue weighted by atomic mass is 16.6. The van der Waals surface area contributed by atoms with Crippen LogP contribution in [0.2, 0.25) is 0 Å². The zero-order valence-corrected chi connectivity index (χ0v) is 9.51. The molecule has 0 fully saturated rings. The van der Waals surface area contributed by atoms with Gasteiger partial charge in [-0.2, -0.15) is 0 Å². The average Bonchev–Trinajstić information content (AvgIpc) is 2.29. The molecule has 16 heavy (non-hydrogen) atoms. The van der Waals surface area contributed by atoms with Crippen LogP contribution in [-0.4, -0.2) is 37.1 Å². The fourth-order valence-corrected chi connectivity index (χ4v) is 1.33. The molecule has 0 amide bonds. The summed E-state index contributed by atoms with van der Waals surface area (Å²) in [5.74, 6) is -0.118. The Morgan fingerprint density at radius 2 is 2.31 bits per heavy atom. The molecule has 0 radical (unpaired) electrons. The number of pyridine rings is 1. The number of rotatable bonds is 6. The molecule has 0 aliphatic carbocycles. The number of nitro groups is 1. The summed E-state index contributed by atoms with van der Waals surface area (Å²) < 4.78 is 0. The number of hydrogen-bond acceptors (Lipinski definition) is 5. The van der Waals surface area contributed by atoms with Crippen molar-refractivity contribution in [2.24, 2.45) is 0 Å². The Labute approximate surface area is 94.4 Å². The first kappa shape index (κ1) is 12.4. The highest BCUT2D eigenvalue weighted by molar-refractivity contribution is 5.45. The minimum absolute atomic E-state index is 0.118. The van der Waals surface area contributed by atoms with Gasteiger partial charge in [-0.05, 0) is 36.0 Å². The van der Waals surface area contributed by atoms with Gasteiger partial charge in [0, 0.05) is 19.7 Å². The summed E-state index contributed by atoms with van der Waals surface area (Å²) in [6, 6.07) is 3.13. The van der Waals surface area contributed by atoms with Crippen LogP contribution in [0.4, 0.5) is 11.5 Å². The van der Waals surface area contributed by atoms with Gasteiger partial charge in [0.05, 0.1) is 5.69 Å². The third-order valence-electron chi connectivity index (χ3n) is 2.28. The van der Waals surface area contributed by atoms with E-state index in [0.717, 1.165) is 25.2 Å². The molecule has 0 aliphatic heterocycles. The number of aromatic nitrogens is 1. The van der Waals surface area contributed by atoms with E-state index >= 15 is 0 Å². The Kier molecular flexibility index (Phi) is 4.65. The first-order valence-electron chi connectivity index (χ1n) is 5.11. The molecule has 1 heterocycles. The molecule has 0 bridgehead atoms. The van der Waals surface area contributed by atoms with Crippen LogP contribution in [0.1, 0.15) is 6.42 Å². The maximum Gasteiger partial charge on any atom is 0.363 e. The van der Waals surface area contributed by atoms with Gasteiger partial charge in [0.15, 0.2) is 6.20 Å². The lowest BCUT2D eigenvalue weighted by Crippen LogP contribution is -2.22. The summed E-state index contributed by atoms with van der Waals surface area (Å²) in [5.41, 5.74) is 0.890. The van der Waals surface area contributed by atoms with E-state index in [2.05, 4.69) is 10.3 Å². The smallest absolute Gasteiger partial charge is 0.363 e. The summed E-state index contributed by atoms with van der Waals surface area (Å²) in [5, 5.41) is 13.5. The minimum atomic E-state index is -0.495. The zero-order valence-electron chi connectivity index (χ0n) is 9.51. The third kappa shape index (κ3) is 3.47. The van der Waals surface area contributed by atoms with Crippen LogP contribution in [0.5, 0.6) is 0 Å². The van der Waals surface area contributed by atoms with Crippen LogP contribution < -0.4 is 10.2 Å². The largest absolute Gasteiger partial charge is 0.372 e. The van der Waals surface area contributed by atoms with Gasteiger partial charge in [-0.15, -0.1) is 0 Å². The quantitative estimate of drug-likeness (QED) is 0.444. The molecule has 1 rings (SSSR count). The fourth-order valence-electron chi connectivity index (χ4n) is 1.33. The molecule has 0 aromatic carbocycles. The van der Waals surface area contributed by atoms with E-state index in [1.54, 1.807) is 6.07 Å². The molecule has 6 nitrogen and oxygen atoms in total. The number of nitrogens with zero attached hydrogens (tertiary/aromatic N) is 3. The van der Waals surface area contributed by atoms with Crippen LogP contribution >= 0.6 is 0 Å². The number of nitrogens with one attached hydrogen (secondary N) is 1. The van der Waals surface area contributed by atoms with Crippen LogP contribution in [0, 0.1) is 10.1 Å². The Balaban J connectivity index is 2.56. The van der Waals surface area contributed by atoms with Crippen molar-refractivity contribution < 1.29 is 4.92 Å². The second-order valence-corrected chi connectivity index (χ2v) is 3.51. The van der Waals surface area contributed by atoms with Crippen molar-refractivity contribution in [3.63, 3.8) is 0 Å². The van der Waals surface area contributed by atoms with Gasteiger partial charge in [0.25, 0.3) is 0 Å². The van der Waals surface area contributed by atoms with Crippen LogP contribution in [0.25, 0.3) is 0 Å². The van der Waals surface area contributed by atoms with Crippen LogP contribution in [0.3, 0.4) is 0 Å². The Bertz CT molecular complexity index is 339. The summed E-state index contributed by atoms with van der Waals surface area (Å²) >= 11 is 0. The predicted octanol–water partition coefficient (Wildman–Crippen LogP) is 1.04. The monoisotopic (exact) mass is 224 g/mol. The number of hydrogen-bond donors (Lipinski definition) is 1. The molecule has 6 heteroatoms. The van der Waals surface area contributed by atoms with Gasteiger partial charge in [-0.1, -0.05) is 0 Å². The van der Waals surface area contributed by atoms with Gasteiger partial charge in [0.1, 0.15) is 0 Å². The zero-order chi connectivity index (χ0) is 12.0. The molecule has 1 N–H and O–H groups in total. The lowest BCUT2D eigenvalue weighted by Gasteiger charge is -2.17. The van der Waals surface area contributed by atoms with E-state index in [0.29, 0.717) is 0 Å². The van der Waals surface area contributed by atoms with Gasteiger partial charge in [-0.3, -0.25) is 0 Å². The standard InChI is InChI=1S/C10H16N4O2/c1-11-6-3-7-13(2)9-4-5-10(12-8-9)14(15)16/h4-5,8,11H,3,6-7H2,1-2H3. The number of anilines is 1. The molecule has 0 unspecified atom stereocenters. The van der Waals surface area contributed by atoms with Crippen LogP contribution in [-0.2, 0) is 0 Å². The first-order valence-corrected chi connectivity index (χ1v) is 5.11. The van der Waals surface area contributed by atoms with Crippen molar-refractivity contribution in [1.29, 1.82) is 0 Å². The van der Waals surface area contributed by atoms with E-state index in [9.17, 15) is 10.1 Å². The first-order chi connectivity index (χ1) is 7.65. The third-order valence-corrected chi connectivity index (χ3v) is 2.28. The molecular formula is C10H16N4O2. The van der Waals surface area contributed by atoms with Gasteiger partial charge >= 0.3 is 5.82 Å². The van der Waals surface area contributed by atoms with E-state index in [4.69, 9.17) is 0 Å². The summed E-state index contributed by atoms with van der Waals surface area (Å²) in [7, 11) is 3.85. The Hall–Kier alpha value is -1.69. The average molecular weight is 224 g/mol. The van der Waals surface area contributed by atoms with Crippen molar-refractivity contribution in [1.82, 2.24) is 10.3 Å². The Morgan fingerprint density at radius 1 is 1.56 bits per heavy atom. The maximum atomic E-state index is 10.4. The second-order valence-electron chi connectivity index (χ2n) is 3.51. The molecule has 0 atom stereocenters. The van der Waals surface area contributed by atoms with Crippen molar-refractivity contribution >= 4 is 11.5 Å². The van der Waals surface area contributed by atoms with Crippen molar-refractivity contribution in [2.45, 2.75) is 6.42 Å². The lowest BCUT2D eigenvalue weighted by atomic mass is 10.3. The molecule has 0 saturated carbocycles. The highest BCUT2D eigenvalue weighted by Crippen LogP contribution is 2.14. The summed E-state index contributed by atoms with van der Waals surface area (Å²) in [6.07, 6.45) is 2.54. The molecule has 0 saturated heterocycles. The predicted molar refractivity (Wildman–Crippen MR) is 62.7 cm³/mol. The lowest BCUT2D eigenvalue weighted by molar-refractivity contribution is -0.389. The minimum Gasteiger partial charge on any atom is -0.372 e. The van der Waals surface area contributed by atoms with Gasteiger partial charge in [-0.25, -0.2) is 0 Å². The normalized spacial score (nSPS) is 10.1. The van der Waals surface area contributed by atoms with E-state index < -0.39 is 4.92 Å². The summed E-state index contributed by atoms with van der Waals surface area (Å²) in [6.45, 7) is 1.84. The molecule has 1 aromatic rings. The topological polar surface area (TPSA) is 71.3 Å². The van der Waals surface area contributed by atoms with Gasteiger partial charge < -0.3 is 20.3 Å². The van der Waals surface area contributed by atoms with Crippen molar-refractivity contribution in [3.8, 4) is 0 Å². The molecule has 1 aromatic heterocycles. The molecule has 0 aliphatic rings. The summed E-state index contributed by atoms with van der Waals surface area (Å²) in [4.78, 5) is 15.7. The Morgan fingerprint density at radius 3 is 2.81 bits per heavy atom. The SMILES string of the molecule is CNCCCN(C)c1ccc([N+](=O)[O-])nc1. The highest BCUT2D eigenvalue weighted by Gasteiger charge is 2.08. The maximum absolute atomic E-state index is 10.4. The molecule has 0 spiro atoms.